The molecule has 56 heavy (non-hydrogen) atoms. The third kappa shape index (κ3) is 4.47. The summed E-state index contributed by atoms with van der Waals surface area (Å²) in [7, 11) is 0. The van der Waals surface area contributed by atoms with Gasteiger partial charge < -0.3 is 0 Å². The smallest absolute Gasteiger partial charge is 0.0434 e. The van der Waals surface area contributed by atoms with Crippen molar-refractivity contribution in [2.24, 2.45) is 0 Å². The topological polar surface area (TPSA) is 0 Å². The zero-order chi connectivity index (χ0) is 37.1. The third-order valence-corrected chi connectivity index (χ3v) is 13.8. The van der Waals surface area contributed by atoms with Gasteiger partial charge >= 0.3 is 0 Å². The van der Waals surface area contributed by atoms with E-state index in [9.17, 15) is 0 Å². The molecule has 0 spiro atoms. The van der Waals surface area contributed by atoms with Gasteiger partial charge in [0, 0.05) is 31.0 Å². The Morgan fingerprint density at radius 2 is 0.911 bits per heavy atom. The van der Waals surface area contributed by atoms with Crippen molar-refractivity contribution in [3.63, 3.8) is 0 Å². The van der Waals surface area contributed by atoms with E-state index < -0.39 is 0 Å². The van der Waals surface area contributed by atoms with E-state index in [0.29, 0.717) is 0 Å². The fraction of sp³-hybridized carbons (Fsp3) is 0.0545. The van der Waals surface area contributed by atoms with Crippen LogP contribution < -0.4 is 0 Å². The fourth-order valence-corrected chi connectivity index (χ4v) is 11.2. The number of hydrogen-bond donors (Lipinski definition) is 0. The molecule has 1 aliphatic rings. The van der Waals surface area contributed by atoms with Crippen LogP contribution in [-0.4, -0.2) is 0 Å². The van der Waals surface area contributed by atoms with Crippen LogP contribution >= 0.6 is 11.3 Å². The monoisotopic (exact) mass is 728 g/mol. The lowest BCUT2D eigenvalue weighted by Gasteiger charge is -2.22. The quantitative estimate of drug-likeness (QED) is 0.159. The molecular formula is C55H36S. The lowest BCUT2D eigenvalue weighted by molar-refractivity contribution is 0.660. The molecule has 0 radical (unpaired) electrons. The Morgan fingerprint density at radius 1 is 0.357 bits per heavy atom. The van der Waals surface area contributed by atoms with Crippen molar-refractivity contribution in [2.45, 2.75) is 19.3 Å². The van der Waals surface area contributed by atoms with Gasteiger partial charge in [-0.1, -0.05) is 172 Å². The van der Waals surface area contributed by atoms with Gasteiger partial charge in [0.2, 0.25) is 0 Å². The molecule has 1 aliphatic carbocycles. The Morgan fingerprint density at radius 3 is 1.68 bits per heavy atom. The number of hydrogen-bond acceptors (Lipinski definition) is 1. The average Bonchev–Trinajstić information content (AvgIpc) is 3.75. The van der Waals surface area contributed by atoms with Gasteiger partial charge in [0.15, 0.2) is 0 Å². The van der Waals surface area contributed by atoms with Crippen LogP contribution in [0.1, 0.15) is 25.0 Å². The van der Waals surface area contributed by atoms with Gasteiger partial charge in [-0.3, -0.25) is 0 Å². The van der Waals surface area contributed by atoms with E-state index in [4.69, 9.17) is 0 Å². The average molecular weight is 729 g/mol. The van der Waals surface area contributed by atoms with E-state index in [1.807, 2.05) is 11.3 Å². The largest absolute Gasteiger partial charge is 0.135 e. The van der Waals surface area contributed by atoms with Gasteiger partial charge in [-0.2, -0.15) is 0 Å². The summed E-state index contributed by atoms with van der Waals surface area (Å²) in [4.78, 5) is 0. The summed E-state index contributed by atoms with van der Waals surface area (Å²) in [5.74, 6) is 0. The number of rotatable bonds is 3. The van der Waals surface area contributed by atoms with Gasteiger partial charge in [0.05, 0.1) is 0 Å². The highest BCUT2D eigenvalue weighted by Gasteiger charge is 2.35. The molecule has 0 fully saturated rings. The lowest BCUT2D eigenvalue weighted by Crippen LogP contribution is -2.14. The number of thiophene rings is 1. The predicted molar refractivity (Wildman–Crippen MR) is 243 cm³/mol. The van der Waals surface area contributed by atoms with E-state index in [2.05, 4.69) is 196 Å². The van der Waals surface area contributed by atoms with E-state index in [1.165, 1.54) is 119 Å². The molecule has 1 heteroatoms. The molecule has 1 heterocycles. The van der Waals surface area contributed by atoms with Crippen LogP contribution in [0.3, 0.4) is 0 Å². The molecule has 0 aliphatic heterocycles. The van der Waals surface area contributed by atoms with Crippen LogP contribution in [0.15, 0.2) is 182 Å². The molecule has 0 bridgehead atoms. The van der Waals surface area contributed by atoms with E-state index >= 15 is 0 Å². The second-order valence-electron chi connectivity index (χ2n) is 16.0. The molecule has 0 nitrogen and oxygen atoms in total. The molecule has 0 N–H and O–H groups in total. The highest BCUT2D eigenvalue weighted by atomic mass is 32.1. The molecule has 262 valence electrons. The van der Waals surface area contributed by atoms with Crippen molar-refractivity contribution in [1.29, 1.82) is 0 Å². The standard InChI is InChI=1S/C55H36S/c1-55(2)48-21-10-9-16-40(48)47-32-38(25-28-49(47)55)52-43-19-7-5-17-41(43)51(42-18-6-8-20-44(42)52)37-14-11-13-35(30-37)36-23-22-34-24-27-45-53-39-15-4-3-12-33(39)26-29-50(53)56-54(45)46(34)31-36/h3-32H,1-2H3. The molecule has 12 rings (SSSR count). The maximum atomic E-state index is 2.45. The van der Waals surface area contributed by atoms with E-state index in [0.717, 1.165) is 0 Å². The second kappa shape index (κ2) is 11.7. The first-order valence-corrected chi connectivity index (χ1v) is 20.4. The number of benzene rings is 10. The van der Waals surface area contributed by atoms with Crippen molar-refractivity contribution in [3.05, 3.63) is 193 Å². The van der Waals surface area contributed by atoms with Crippen LogP contribution in [0.5, 0.6) is 0 Å². The van der Waals surface area contributed by atoms with Crippen LogP contribution in [0.2, 0.25) is 0 Å². The van der Waals surface area contributed by atoms with Gasteiger partial charge in [-0.05, 0) is 118 Å². The van der Waals surface area contributed by atoms with Crippen molar-refractivity contribution in [3.8, 4) is 44.5 Å². The SMILES string of the molecule is CC1(C)c2ccccc2-c2cc(-c3c4ccccc4c(-c4cccc(-c5ccc6ccc7c(sc8ccc9ccccc9c87)c6c5)c4)c4ccccc34)ccc21. The summed E-state index contributed by atoms with van der Waals surface area (Å²) >= 11 is 1.92. The van der Waals surface area contributed by atoms with Crippen LogP contribution in [0.25, 0.3) is 108 Å². The first kappa shape index (κ1) is 31.8. The molecule has 11 aromatic rings. The Bertz CT molecular complexity index is 3390. The van der Waals surface area contributed by atoms with Crippen molar-refractivity contribution in [1.82, 2.24) is 0 Å². The van der Waals surface area contributed by atoms with E-state index in [1.54, 1.807) is 0 Å². The minimum atomic E-state index is -0.0206. The molecule has 0 atom stereocenters. The first-order valence-electron chi connectivity index (χ1n) is 19.6. The summed E-state index contributed by atoms with van der Waals surface area (Å²) in [6.07, 6.45) is 0. The van der Waals surface area contributed by atoms with E-state index in [-0.39, 0.29) is 5.41 Å². The molecular weight excluding hydrogens is 693 g/mol. The Labute approximate surface area is 329 Å². The van der Waals surface area contributed by atoms with Crippen molar-refractivity contribution >= 4 is 74.6 Å². The van der Waals surface area contributed by atoms with Crippen LogP contribution in [-0.2, 0) is 5.41 Å². The van der Waals surface area contributed by atoms with Crippen LogP contribution in [0, 0.1) is 0 Å². The summed E-state index contributed by atoms with van der Waals surface area (Å²) in [6, 6.07) is 68.3. The maximum Gasteiger partial charge on any atom is 0.0434 e. The Balaban J connectivity index is 1.04. The normalized spacial score (nSPS) is 13.3. The molecule has 0 unspecified atom stereocenters. The van der Waals surface area contributed by atoms with Gasteiger partial charge in [0.1, 0.15) is 0 Å². The van der Waals surface area contributed by atoms with Gasteiger partial charge in [-0.15, -0.1) is 11.3 Å². The zero-order valence-corrected chi connectivity index (χ0v) is 32.0. The summed E-state index contributed by atoms with van der Waals surface area (Å²) in [5, 5.41) is 13.0. The van der Waals surface area contributed by atoms with Crippen LogP contribution in [0.4, 0.5) is 0 Å². The zero-order valence-electron chi connectivity index (χ0n) is 31.2. The second-order valence-corrected chi connectivity index (χ2v) is 17.0. The summed E-state index contributed by atoms with van der Waals surface area (Å²) in [6.45, 7) is 4.71. The minimum absolute atomic E-state index is 0.0206. The summed E-state index contributed by atoms with van der Waals surface area (Å²) in [5.41, 5.74) is 13.0. The number of fused-ring (bicyclic) bond motifs is 12. The highest BCUT2D eigenvalue weighted by molar-refractivity contribution is 7.26. The summed E-state index contributed by atoms with van der Waals surface area (Å²) < 4.78 is 2.70. The predicted octanol–water partition coefficient (Wildman–Crippen LogP) is 16.0. The minimum Gasteiger partial charge on any atom is -0.135 e. The highest BCUT2D eigenvalue weighted by Crippen LogP contribution is 2.51. The maximum absolute atomic E-state index is 2.45. The molecule has 0 saturated heterocycles. The lowest BCUT2D eigenvalue weighted by atomic mass is 9.81. The third-order valence-electron chi connectivity index (χ3n) is 12.6. The molecule has 10 aromatic carbocycles. The van der Waals surface area contributed by atoms with Gasteiger partial charge in [0.25, 0.3) is 0 Å². The Hall–Kier alpha value is -6.54. The van der Waals surface area contributed by atoms with Crippen molar-refractivity contribution < 1.29 is 0 Å². The fourth-order valence-electron chi connectivity index (χ4n) is 9.98. The molecule has 1 aromatic heterocycles. The molecule has 0 saturated carbocycles. The van der Waals surface area contributed by atoms with Crippen molar-refractivity contribution in [2.75, 3.05) is 0 Å². The molecule has 0 amide bonds. The van der Waals surface area contributed by atoms with Gasteiger partial charge in [-0.25, -0.2) is 0 Å². The Kier molecular flexibility index (Phi) is 6.66. The first-order chi connectivity index (χ1) is 27.5.